The second kappa shape index (κ2) is 4.78. The molecule has 3 heteroatoms. The fourth-order valence-corrected chi connectivity index (χ4v) is 2.26. The average molecular weight is 232 g/mol. The Labute approximate surface area is 103 Å². The summed E-state index contributed by atoms with van der Waals surface area (Å²) in [6.07, 6.45) is 1.56. The van der Waals surface area contributed by atoms with Gasteiger partial charge in [-0.1, -0.05) is 19.9 Å². The number of carbonyl (C=O) groups is 1. The van der Waals surface area contributed by atoms with Gasteiger partial charge in [0.1, 0.15) is 0 Å². The number of rotatable bonds is 2. The number of amides is 1. The summed E-state index contributed by atoms with van der Waals surface area (Å²) < 4.78 is 0. The highest BCUT2D eigenvalue weighted by atomic mass is 16.2. The number of hydrogen-bond acceptors (Lipinski definition) is 2. The normalized spacial score (nSPS) is 14.9. The molecule has 92 valence electrons. The number of carbonyl (C=O) groups excluding carboxylic acids is 1. The molecule has 1 aromatic rings. The van der Waals surface area contributed by atoms with Crippen molar-refractivity contribution in [2.75, 3.05) is 12.3 Å². The molecule has 0 bridgehead atoms. The van der Waals surface area contributed by atoms with Crippen molar-refractivity contribution in [3.05, 3.63) is 29.3 Å². The van der Waals surface area contributed by atoms with Gasteiger partial charge in [0, 0.05) is 25.2 Å². The maximum Gasteiger partial charge on any atom is 0.223 e. The number of benzene rings is 1. The maximum absolute atomic E-state index is 12.0. The van der Waals surface area contributed by atoms with Crippen molar-refractivity contribution in [1.82, 2.24) is 4.90 Å². The van der Waals surface area contributed by atoms with Gasteiger partial charge < -0.3 is 10.6 Å². The van der Waals surface area contributed by atoms with Gasteiger partial charge in [0.2, 0.25) is 5.91 Å². The fourth-order valence-electron chi connectivity index (χ4n) is 2.26. The van der Waals surface area contributed by atoms with Gasteiger partial charge in [-0.05, 0) is 35.6 Å². The van der Waals surface area contributed by atoms with Gasteiger partial charge in [-0.15, -0.1) is 0 Å². The van der Waals surface area contributed by atoms with Crippen LogP contribution in [0.1, 0.15) is 31.4 Å². The van der Waals surface area contributed by atoms with E-state index in [0.29, 0.717) is 12.3 Å². The average Bonchev–Trinajstić information content (AvgIpc) is 2.27. The highest BCUT2D eigenvalue weighted by Crippen LogP contribution is 2.22. The van der Waals surface area contributed by atoms with Crippen molar-refractivity contribution in [2.24, 2.45) is 5.92 Å². The molecule has 0 atom stereocenters. The summed E-state index contributed by atoms with van der Waals surface area (Å²) in [5, 5.41) is 0. The Balaban J connectivity index is 2.08. The van der Waals surface area contributed by atoms with Gasteiger partial charge in [0.25, 0.3) is 0 Å². The van der Waals surface area contributed by atoms with Crippen LogP contribution in [0, 0.1) is 5.92 Å². The molecule has 0 radical (unpaired) electrons. The lowest BCUT2D eigenvalue weighted by atomic mass is 9.98. The first-order chi connectivity index (χ1) is 8.06. The Bertz CT molecular complexity index is 426. The van der Waals surface area contributed by atoms with Crippen LogP contribution in [-0.4, -0.2) is 17.4 Å². The lowest BCUT2D eigenvalue weighted by Gasteiger charge is -2.29. The Morgan fingerprint density at radius 2 is 2.18 bits per heavy atom. The van der Waals surface area contributed by atoms with Crippen LogP contribution in [0.5, 0.6) is 0 Å². The summed E-state index contributed by atoms with van der Waals surface area (Å²) in [5.41, 5.74) is 9.10. The van der Waals surface area contributed by atoms with Crippen LogP contribution in [0.3, 0.4) is 0 Å². The molecule has 0 saturated heterocycles. The van der Waals surface area contributed by atoms with E-state index in [9.17, 15) is 4.79 Å². The minimum atomic E-state index is 0.266. The standard InChI is InChI=1S/C14H20N2O/c1-10(2)7-14(17)16-6-5-11-8-13(15)4-3-12(11)9-16/h3-4,8,10H,5-7,9,15H2,1-2H3. The largest absolute Gasteiger partial charge is 0.399 e. The Morgan fingerprint density at radius 1 is 1.41 bits per heavy atom. The van der Waals surface area contributed by atoms with Crippen LogP contribution in [0.15, 0.2) is 18.2 Å². The van der Waals surface area contributed by atoms with E-state index in [1.54, 1.807) is 0 Å². The predicted molar refractivity (Wildman–Crippen MR) is 69.4 cm³/mol. The van der Waals surface area contributed by atoms with Crippen LogP contribution in [0.4, 0.5) is 5.69 Å². The summed E-state index contributed by atoms with van der Waals surface area (Å²) in [6.45, 7) is 5.72. The number of nitrogens with zero attached hydrogens (tertiary/aromatic N) is 1. The molecule has 1 aliphatic heterocycles. The summed E-state index contributed by atoms with van der Waals surface area (Å²) in [6, 6.07) is 5.98. The third kappa shape index (κ3) is 2.78. The molecule has 17 heavy (non-hydrogen) atoms. The van der Waals surface area contributed by atoms with Crippen LogP contribution in [0.2, 0.25) is 0 Å². The highest BCUT2D eigenvalue weighted by Gasteiger charge is 2.20. The summed E-state index contributed by atoms with van der Waals surface area (Å²) >= 11 is 0. The van der Waals surface area contributed by atoms with Crippen molar-refractivity contribution < 1.29 is 4.79 Å². The molecular weight excluding hydrogens is 212 g/mol. The topological polar surface area (TPSA) is 46.3 Å². The monoisotopic (exact) mass is 232 g/mol. The van der Waals surface area contributed by atoms with Crippen molar-refractivity contribution in [3.63, 3.8) is 0 Å². The second-order valence-electron chi connectivity index (χ2n) is 5.19. The molecule has 2 N–H and O–H groups in total. The van der Waals surface area contributed by atoms with E-state index >= 15 is 0 Å². The van der Waals surface area contributed by atoms with Crippen LogP contribution < -0.4 is 5.73 Å². The van der Waals surface area contributed by atoms with E-state index in [2.05, 4.69) is 13.8 Å². The molecular formula is C14H20N2O. The molecule has 1 aromatic carbocycles. The van der Waals surface area contributed by atoms with Crippen molar-refractivity contribution >= 4 is 11.6 Å². The maximum atomic E-state index is 12.0. The van der Waals surface area contributed by atoms with Crippen molar-refractivity contribution in [2.45, 2.75) is 33.2 Å². The molecule has 0 saturated carbocycles. The Hall–Kier alpha value is -1.51. The van der Waals surface area contributed by atoms with Crippen molar-refractivity contribution in [1.29, 1.82) is 0 Å². The summed E-state index contributed by atoms with van der Waals surface area (Å²) in [5.74, 6) is 0.692. The first-order valence-corrected chi connectivity index (χ1v) is 6.21. The van der Waals surface area contributed by atoms with E-state index in [1.807, 2.05) is 23.1 Å². The molecule has 0 fully saturated rings. The number of nitrogens with two attached hydrogens (primary N) is 1. The fraction of sp³-hybridized carbons (Fsp3) is 0.500. The van der Waals surface area contributed by atoms with Crippen LogP contribution in [-0.2, 0) is 17.8 Å². The third-order valence-electron chi connectivity index (χ3n) is 3.18. The zero-order chi connectivity index (χ0) is 12.4. The molecule has 0 unspecified atom stereocenters. The number of hydrogen-bond donors (Lipinski definition) is 1. The lowest BCUT2D eigenvalue weighted by Crippen LogP contribution is -2.36. The van der Waals surface area contributed by atoms with Gasteiger partial charge in [-0.25, -0.2) is 0 Å². The van der Waals surface area contributed by atoms with Gasteiger partial charge >= 0.3 is 0 Å². The first kappa shape index (κ1) is 12.0. The zero-order valence-electron chi connectivity index (χ0n) is 10.6. The van der Waals surface area contributed by atoms with E-state index in [4.69, 9.17) is 5.73 Å². The number of fused-ring (bicyclic) bond motifs is 1. The molecule has 1 heterocycles. The van der Waals surface area contributed by atoms with Gasteiger partial charge in [-0.2, -0.15) is 0 Å². The molecule has 1 aliphatic rings. The summed E-state index contributed by atoms with van der Waals surface area (Å²) in [4.78, 5) is 13.9. The molecule has 0 aliphatic carbocycles. The Morgan fingerprint density at radius 3 is 2.88 bits per heavy atom. The quantitative estimate of drug-likeness (QED) is 0.795. The third-order valence-corrected chi connectivity index (χ3v) is 3.18. The van der Waals surface area contributed by atoms with E-state index in [0.717, 1.165) is 25.2 Å². The van der Waals surface area contributed by atoms with E-state index in [1.165, 1.54) is 11.1 Å². The SMILES string of the molecule is CC(C)CC(=O)N1CCc2cc(N)ccc2C1. The summed E-state index contributed by atoms with van der Waals surface area (Å²) in [7, 11) is 0. The van der Waals surface area contributed by atoms with E-state index in [-0.39, 0.29) is 5.91 Å². The molecule has 1 amide bonds. The lowest BCUT2D eigenvalue weighted by molar-refractivity contribution is -0.132. The second-order valence-corrected chi connectivity index (χ2v) is 5.19. The predicted octanol–water partition coefficient (Wildman–Crippen LogP) is 2.20. The van der Waals surface area contributed by atoms with Gasteiger partial charge in [0.05, 0.1) is 0 Å². The molecule has 3 nitrogen and oxygen atoms in total. The van der Waals surface area contributed by atoms with E-state index < -0.39 is 0 Å². The van der Waals surface area contributed by atoms with Crippen LogP contribution >= 0.6 is 0 Å². The first-order valence-electron chi connectivity index (χ1n) is 6.21. The minimum absolute atomic E-state index is 0.266. The van der Waals surface area contributed by atoms with Gasteiger partial charge in [-0.3, -0.25) is 4.79 Å². The molecule has 0 aromatic heterocycles. The molecule has 2 rings (SSSR count). The molecule has 0 spiro atoms. The number of nitrogen functional groups attached to an aromatic ring is 1. The highest BCUT2D eigenvalue weighted by molar-refractivity contribution is 5.76. The van der Waals surface area contributed by atoms with Crippen molar-refractivity contribution in [3.8, 4) is 0 Å². The Kier molecular flexibility index (Phi) is 3.36. The van der Waals surface area contributed by atoms with Crippen LogP contribution in [0.25, 0.3) is 0 Å². The smallest absolute Gasteiger partial charge is 0.223 e. The minimum Gasteiger partial charge on any atom is -0.399 e. The van der Waals surface area contributed by atoms with Gasteiger partial charge in [0.15, 0.2) is 0 Å². The number of anilines is 1. The zero-order valence-corrected chi connectivity index (χ0v) is 10.6.